The molecule has 0 saturated heterocycles. The number of carbonyl (C=O) groups is 1. The second-order valence-corrected chi connectivity index (χ2v) is 5.04. The highest BCUT2D eigenvalue weighted by Gasteiger charge is 2.30. The fourth-order valence-electron chi connectivity index (χ4n) is 2.19. The van der Waals surface area contributed by atoms with Gasteiger partial charge in [0.15, 0.2) is 0 Å². The van der Waals surface area contributed by atoms with Gasteiger partial charge in [0.25, 0.3) is 0 Å². The van der Waals surface area contributed by atoms with Crippen LogP contribution in [0.2, 0.25) is 5.02 Å². The third kappa shape index (κ3) is 3.01. The molecule has 2 N–H and O–H groups in total. The first-order chi connectivity index (χ1) is 9.17. The summed E-state index contributed by atoms with van der Waals surface area (Å²) in [5.41, 5.74) is 1.65. The Kier molecular flexibility index (Phi) is 4.66. The summed E-state index contributed by atoms with van der Waals surface area (Å²) in [5.74, 6) is 0.574. The number of halogens is 1. The van der Waals surface area contributed by atoms with Crippen LogP contribution in [-0.2, 0) is 4.79 Å². The van der Waals surface area contributed by atoms with Gasteiger partial charge in [0.2, 0.25) is 5.91 Å². The summed E-state index contributed by atoms with van der Waals surface area (Å²) in [4.78, 5) is 11.7. The molecule has 104 valence electrons. The van der Waals surface area contributed by atoms with Crippen LogP contribution in [-0.4, -0.2) is 19.6 Å². The second kappa shape index (κ2) is 6.26. The van der Waals surface area contributed by atoms with Gasteiger partial charge in [-0.1, -0.05) is 31.4 Å². The molecular formula is C14H19ClN2O2. The molecule has 0 fully saturated rings. The first kappa shape index (κ1) is 14.2. The van der Waals surface area contributed by atoms with Gasteiger partial charge >= 0.3 is 0 Å². The van der Waals surface area contributed by atoms with E-state index < -0.39 is 0 Å². The van der Waals surface area contributed by atoms with Crippen LogP contribution in [0.15, 0.2) is 12.1 Å². The SMILES string of the molecule is CCCCCOc1cc2c(cc1Cl)C(NC)C(=O)N2. The molecule has 5 heteroatoms. The van der Waals surface area contributed by atoms with E-state index in [9.17, 15) is 4.79 Å². The van der Waals surface area contributed by atoms with Crippen molar-refractivity contribution in [3.05, 3.63) is 22.7 Å². The third-order valence-corrected chi connectivity index (χ3v) is 3.52. The number of benzene rings is 1. The number of carbonyl (C=O) groups excluding carboxylic acids is 1. The molecule has 1 unspecified atom stereocenters. The molecule has 0 radical (unpaired) electrons. The van der Waals surface area contributed by atoms with Crippen LogP contribution in [0, 0.1) is 0 Å². The third-order valence-electron chi connectivity index (χ3n) is 3.23. The molecule has 1 atom stereocenters. The molecule has 0 aromatic heterocycles. The van der Waals surface area contributed by atoms with Gasteiger partial charge in [-0.15, -0.1) is 0 Å². The average molecular weight is 283 g/mol. The molecule has 0 bridgehead atoms. The van der Waals surface area contributed by atoms with Gasteiger partial charge in [0.1, 0.15) is 11.8 Å². The summed E-state index contributed by atoms with van der Waals surface area (Å²) >= 11 is 6.20. The predicted molar refractivity (Wildman–Crippen MR) is 76.9 cm³/mol. The molecule has 2 rings (SSSR count). The number of amides is 1. The van der Waals surface area contributed by atoms with Gasteiger partial charge < -0.3 is 15.4 Å². The number of fused-ring (bicyclic) bond motifs is 1. The smallest absolute Gasteiger partial charge is 0.246 e. The topological polar surface area (TPSA) is 50.4 Å². The van der Waals surface area contributed by atoms with Crippen molar-refractivity contribution in [3.63, 3.8) is 0 Å². The number of unbranched alkanes of at least 4 members (excludes halogenated alkanes) is 2. The van der Waals surface area contributed by atoms with Crippen molar-refractivity contribution in [2.24, 2.45) is 0 Å². The maximum absolute atomic E-state index is 11.7. The number of hydrogen-bond donors (Lipinski definition) is 2. The second-order valence-electron chi connectivity index (χ2n) is 4.64. The summed E-state index contributed by atoms with van der Waals surface area (Å²) in [6.45, 7) is 2.80. The Morgan fingerprint density at radius 3 is 2.89 bits per heavy atom. The van der Waals surface area contributed by atoms with Gasteiger partial charge in [-0.25, -0.2) is 0 Å². The number of rotatable bonds is 6. The summed E-state index contributed by atoms with van der Waals surface area (Å²) in [6.07, 6.45) is 3.30. The molecule has 4 nitrogen and oxygen atoms in total. The Bertz CT molecular complexity index is 477. The highest BCUT2D eigenvalue weighted by molar-refractivity contribution is 6.32. The fourth-order valence-corrected chi connectivity index (χ4v) is 2.42. The van der Waals surface area contributed by atoms with Gasteiger partial charge in [0.05, 0.1) is 11.6 Å². The van der Waals surface area contributed by atoms with Gasteiger partial charge in [-0.05, 0) is 19.5 Å². The van der Waals surface area contributed by atoms with Crippen molar-refractivity contribution >= 4 is 23.2 Å². The highest BCUT2D eigenvalue weighted by Crippen LogP contribution is 2.38. The molecule has 0 spiro atoms. The lowest BCUT2D eigenvalue weighted by Gasteiger charge is -2.11. The van der Waals surface area contributed by atoms with Crippen LogP contribution in [0.1, 0.15) is 37.8 Å². The molecule has 1 aliphatic rings. The molecule has 1 aliphatic heterocycles. The van der Waals surface area contributed by atoms with Crippen molar-refractivity contribution in [2.75, 3.05) is 19.0 Å². The van der Waals surface area contributed by atoms with E-state index in [1.165, 1.54) is 0 Å². The van der Waals surface area contributed by atoms with E-state index in [4.69, 9.17) is 16.3 Å². The first-order valence-electron chi connectivity index (χ1n) is 6.61. The standard InChI is InChI=1S/C14H19ClN2O2/c1-3-4-5-6-19-12-8-11-9(7-10(12)15)13(16-2)14(18)17-11/h7-8,13,16H,3-6H2,1-2H3,(H,17,18). The zero-order chi connectivity index (χ0) is 13.8. The van der Waals surface area contributed by atoms with E-state index >= 15 is 0 Å². The monoisotopic (exact) mass is 282 g/mol. The number of anilines is 1. The minimum absolute atomic E-state index is 0.0586. The molecule has 1 aromatic rings. The van der Waals surface area contributed by atoms with E-state index in [0.717, 1.165) is 30.5 Å². The van der Waals surface area contributed by atoms with Crippen molar-refractivity contribution in [3.8, 4) is 5.75 Å². The zero-order valence-corrected chi connectivity index (χ0v) is 12.0. The minimum atomic E-state index is -0.332. The Morgan fingerprint density at radius 1 is 1.42 bits per heavy atom. The number of ether oxygens (including phenoxy) is 1. The summed E-state index contributed by atoms with van der Waals surface area (Å²) < 4.78 is 5.66. The Labute approximate surface area is 118 Å². The predicted octanol–water partition coefficient (Wildman–Crippen LogP) is 3.12. The summed E-state index contributed by atoms with van der Waals surface area (Å²) in [6, 6.07) is 3.27. The van der Waals surface area contributed by atoms with Crippen LogP contribution in [0.5, 0.6) is 5.75 Å². The molecule has 1 aromatic carbocycles. The molecule has 1 amide bonds. The van der Waals surface area contributed by atoms with Crippen LogP contribution >= 0.6 is 11.6 Å². The average Bonchev–Trinajstić information content (AvgIpc) is 2.69. The zero-order valence-electron chi connectivity index (χ0n) is 11.3. The molecular weight excluding hydrogens is 264 g/mol. The number of nitrogens with one attached hydrogen (secondary N) is 2. The van der Waals surface area contributed by atoms with Crippen LogP contribution < -0.4 is 15.4 Å². The largest absolute Gasteiger partial charge is 0.492 e. The van der Waals surface area contributed by atoms with Crippen LogP contribution in [0.25, 0.3) is 0 Å². The van der Waals surface area contributed by atoms with Gasteiger partial charge in [0, 0.05) is 17.3 Å². The number of hydrogen-bond acceptors (Lipinski definition) is 3. The molecule has 1 heterocycles. The van der Waals surface area contributed by atoms with Crippen LogP contribution in [0.4, 0.5) is 5.69 Å². The molecule has 19 heavy (non-hydrogen) atoms. The van der Waals surface area contributed by atoms with E-state index in [2.05, 4.69) is 17.6 Å². The lowest BCUT2D eigenvalue weighted by atomic mass is 10.1. The van der Waals surface area contributed by atoms with E-state index in [0.29, 0.717) is 17.4 Å². The van der Waals surface area contributed by atoms with Crippen LogP contribution in [0.3, 0.4) is 0 Å². The van der Waals surface area contributed by atoms with Gasteiger partial charge in [-0.3, -0.25) is 4.79 Å². The molecule has 0 aliphatic carbocycles. The highest BCUT2D eigenvalue weighted by atomic mass is 35.5. The van der Waals surface area contributed by atoms with Crippen molar-refractivity contribution in [1.29, 1.82) is 0 Å². The van der Waals surface area contributed by atoms with Crippen molar-refractivity contribution in [1.82, 2.24) is 5.32 Å². The fraction of sp³-hybridized carbons (Fsp3) is 0.500. The maximum Gasteiger partial charge on any atom is 0.246 e. The number of likely N-dealkylation sites (N-methyl/N-ethyl adjacent to an activating group) is 1. The van der Waals surface area contributed by atoms with E-state index in [1.807, 2.05) is 0 Å². The van der Waals surface area contributed by atoms with Crippen molar-refractivity contribution in [2.45, 2.75) is 32.2 Å². The first-order valence-corrected chi connectivity index (χ1v) is 6.99. The Balaban J connectivity index is 2.12. The molecule has 0 saturated carbocycles. The van der Waals surface area contributed by atoms with E-state index in [-0.39, 0.29) is 11.9 Å². The Morgan fingerprint density at radius 2 is 2.21 bits per heavy atom. The summed E-state index contributed by atoms with van der Waals surface area (Å²) in [5, 5.41) is 6.34. The minimum Gasteiger partial charge on any atom is -0.492 e. The normalized spacial score (nSPS) is 17.2. The maximum atomic E-state index is 11.7. The van der Waals surface area contributed by atoms with Crippen molar-refractivity contribution < 1.29 is 9.53 Å². The van der Waals surface area contributed by atoms with E-state index in [1.54, 1.807) is 19.2 Å². The Hall–Kier alpha value is -1.26. The summed E-state index contributed by atoms with van der Waals surface area (Å²) in [7, 11) is 1.75. The quantitative estimate of drug-likeness (QED) is 0.788. The lowest BCUT2D eigenvalue weighted by Crippen LogP contribution is -2.23. The van der Waals surface area contributed by atoms with Gasteiger partial charge in [-0.2, -0.15) is 0 Å². The lowest BCUT2D eigenvalue weighted by molar-refractivity contribution is -0.117.